The van der Waals surface area contributed by atoms with Gasteiger partial charge in [-0.25, -0.2) is 4.67 Å². The molecule has 0 aromatic carbocycles. The Kier molecular flexibility index (Phi) is 11.2. The molecule has 0 radical (unpaired) electrons. The van der Waals surface area contributed by atoms with Crippen LogP contribution in [0.2, 0.25) is 0 Å². The maximum Gasteiger partial charge on any atom is 0.259 e. The third kappa shape index (κ3) is 7.86. The fourth-order valence-corrected chi connectivity index (χ4v) is 6.52. The van der Waals surface area contributed by atoms with Gasteiger partial charge >= 0.3 is 0 Å². The lowest BCUT2D eigenvalue weighted by molar-refractivity contribution is 0.137. The van der Waals surface area contributed by atoms with Crippen molar-refractivity contribution in [1.29, 1.82) is 5.26 Å². The lowest BCUT2D eigenvalue weighted by Gasteiger charge is -2.37. The Hall–Kier alpha value is 0.500. The second kappa shape index (κ2) is 11.9. The van der Waals surface area contributed by atoms with E-state index in [4.69, 9.17) is 14.3 Å². The maximum atomic E-state index is 8.74. The molecule has 22 heavy (non-hydrogen) atoms. The van der Waals surface area contributed by atoms with E-state index in [9.17, 15) is 0 Å². The molecule has 2 atom stereocenters. The monoisotopic (exact) mass is 364 g/mol. The van der Waals surface area contributed by atoms with Gasteiger partial charge in [0.05, 0.1) is 25.2 Å². The smallest absolute Gasteiger partial charge is 0.259 e. The van der Waals surface area contributed by atoms with Crippen LogP contribution in [-0.2, 0) is 9.05 Å². The molecule has 1 aliphatic heterocycles. The Morgan fingerprint density at radius 1 is 1.23 bits per heavy atom. The van der Waals surface area contributed by atoms with Crippen LogP contribution < -0.4 is 0 Å². The van der Waals surface area contributed by atoms with Crippen LogP contribution >= 0.6 is 30.1 Å². The summed E-state index contributed by atoms with van der Waals surface area (Å²) in [4.78, 5) is 0. The Morgan fingerprint density at radius 3 is 2.59 bits per heavy atom. The largest absolute Gasteiger partial charge is 0.321 e. The molecule has 1 rings (SSSR count). The van der Waals surface area contributed by atoms with Gasteiger partial charge in [-0.1, -0.05) is 21.6 Å². The highest BCUT2D eigenvalue weighted by Crippen LogP contribution is 2.48. The zero-order chi connectivity index (χ0) is 16.4. The zero-order valence-electron chi connectivity index (χ0n) is 14.2. The molecular weight excluding hydrogens is 335 g/mol. The van der Waals surface area contributed by atoms with Crippen LogP contribution in [0.15, 0.2) is 0 Å². The number of nitrogens with zero attached hydrogens (tertiary/aromatic N) is 2. The Bertz CT molecular complexity index is 324. The van der Waals surface area contributed by atoms with Gasteiger partial charge in [-0.05, 0) is 47.0 Å². The van der Waals surface area contributed by atoms with Crippen LogP contribution in [0.1, 0.15) is 53.4 Å². The van der Waals surface area contributed by atoms with Crippen molar-refractivity contribution in [2.45, 2.75) is 71.6 Å². The molecular formula is C15H29N2O2PS2. The van der Waals surface area contributed by atoms with E-state index in [0.717, 1.165) is 12.2 Å². The van der Waals surface area contributed by atoms with Gasteiger partial charge in [0.1, 0.15) is 0 Å². The van der Waals surface area contributed by atoms with Crippen molar-refractivity contribution in [3.05, 3.63) is 0 Å². The van der Waals surface area contributed by atoms with Gasteiger partial charge in [-0.2, -0.15) is 5.26 Å². The van der Waals surface area contributed by atoms with Gasteiger partial charge in [-0.3, -0.25) is 0 Å². The number of rotatable bonds is 8. The summed E-state index contributed by atoms with van der Waals surface area (Å²) in [6.07, 6.45) is 4.27. The molecule has 0 aliphatic carbocycles. The molecule has 128 valence electrons. The number of nitriles is 1. The normalized spacial score (nSPS) is 21.6. The summed E-state index contributed by atoms with van der Waals surface area (Å²) in [7, 11) is 2.76. The van der Waals surface area contributed by atoms with Gasteiger partial charge in [0.15, 0.2) is 0 Å². The molecule has 1 saturated heterocycles. The standard InChI is InChI=1S/C15H29N2O2PS2/c1-13(2)17(14(3)4)20(18-10-7-9-16)19-15-8-5-6-11-21-22-12-15/h13-15H,5-8,10-12H2,1-4H3. The highest BCUT2D eigenvalue weighted by atomic mass is 33.1. The van der Waals surface area contributed by atoms with Gasteiger partial charge < -0.3 is 9.05 Å². The molecule has 1 aliphatic rings. The Labute approximate surface area is 145 Å². The minimum absolute atomic E-state index is 0.256. The first kappa shape index (κ1) is 20.5. The van der Waals surface area contributed by atoms with E-state index < -0.39 is 8.53 Å². The first-order valence-electron chi connectivity index (χ1n) is 8.05. The number of hydrogen-bond acceptors (Lipinski definition) is 6. The summed E-state index contributed by atoms with van der Waals surface area (Å²) in [5, 5.41) is 8.74. The first-order valence-corrected chi connectivity index (χ1v) is 11.7. The SMILES string of the molecule is CC(C)N(C(C)C)P(OCCC#N)OC1CCCCSSC1. The van der Waals surface area contributed by atoms with Gasteiger partial charge in [0.2, 0.25) is 0 Å². The maximum absolute atomic E-state index is 8.74. The van der Waals surface area contributed by atoms with E-state index in [1.807, 2.05) is 21.6 Å². The average Bonchev–Trinajstić information content (AvgIpc) is 2.40. The van der Waals surface area contributed by atoms with E-state index in [-0.39, 0.29) is 6.10 Å². The third-order valence-electron chi connectivity index (χ3n) is 3.24. The van der Waals surface area contributed by atoms with Crippen LogP contribution in [0.3, 0.4) is 0 Å². The summed E-state index contributed by atoms with van der Waals surface area (Å²) >= 11 is 0. The van der Waals surface area contributed by atoms with E-state index >= 15 is 0 Å². The van der Waals surface area contributed by atoms with E-state index in [0.29, 0.717) is 25.1 Å². The molecule has 0 aromatic heterocycles. The molecule has 0 amide bonds. The van der Waals surface area contributed by atoms with Crippen LogP contribution in [0.25, 0.3) is 0 Å². The minimum Gasteiger partial charge on any atom is -0.321 e. The third-order valence-corrected chi connectivity index (χ3v) is 7.96. The average molecular weight is 365 g/mol. The summed E-state index contributed by atoms with van der Waals surface area (Å²) in [5.41, 5.74) is 0. The van der Waals surface area contributed by atoms with E-state index in [2.05, 4.69) is 38.4 Å². The highest BCUT2D eigenvalue weighted by Gasteiger charge is 2.30. The number of hydrogen-bond donors (Lipinski definition) is 0. The quantitative estimate of drug-likeness (QED) is 0.334. The van der Waals surface area contributed by atoms with Crippen LogP contribution in [0, 0.1) is 11.3 Å². The second-order valence-corrected chi connectivity index (χ2v) is 9.91. The molecule has 0 aromatic rings. The van der Waals surface area contributed by atoms with Crippen molar-refractivity contribution in [3.63, 3.8) is 0 Å². The van der Waals surface area contributed by atoms with Crippen LogP contribution in [-0.4, -0.2) is 41.0 Å². The molecule has 0 bridgehead atoms. The van der Waals surface area contributed by atoms with E-state index in [1.54, 1.807) is 0 Å². The second-order valence-electron chi connectivity index (χ2n) is 5.88. The van der Waals surface area contributed by atoms with Gasteiger partial charge in [0.25, 0.3) is 8.53 Å². The van der Waals surface area contributed by atoms with Crippen molar-refractivity contribution in [3.8, 4) is 6.07 Å². The molecule has 1 heterocycles. The summed E-state index contributed by atoms with van der Waals surface area (Å²) < 4.78 is 14.7. The van der Waals surface area contributed by atoms with Crippen molar-refractivity contribution in [2.24, 2.45) is 0 Å². The molecule has 7 heteroatoms. The van der Waals surface area contributed by atoms with Gasteiger partial charge in [-0.15, -0.1) is 0 Å². The van der Waals surface area contributed by atoms with Crippen LogP contribution in [0.5, 0.6) is 0 Å². The first-order chi connectivity index (χ1) is 10.6. The van der Waals surface area contributed by atoms with Crippen molar-refractivity contribution >= 4 is 30.1 Å². The fraction of sp³-hybridized carbons (Fsp3) is 0.933. The van der Waals surface area contributed by atoms with Crippen molar-refractivity contribution in [2.75, 3.05) is 18.1 Å². The zero-order valence-corrected chi connectivity index (χ0v) is 16.7. The summed E-state index contributed by atoms with van der Waals surface area (Å²) in [6.45, 7) is 9.15. The minimum atomic E-state index is -1.10. The molecule has 0 spiro atoms. The molecule has 0 N–H and O–H groups in total. The lowest BCUT2D eigenvalue weighted by atomic mass is 10.2. The topological polar surface area (TPSA) is 45.5 Å². The predicted octanol–water partition coefficient (Wildman–Crippen LogP) is 5.21. The van der Waals surface area contributed by atoms with Crippen molar-refractivity contribution < 1.29 is 9.05 Å². The van der Waals surface area contributed by atoms with Crippen LogP contribution in [0.4, 0.5) is 0 Å². The van der Waals surface area contributed by atoms with E-state index in [1.165, 1.54) is 18.6 Å². The molecule has 4 nitrogen and oxygen atoms in total. The lowest BCUT2D eigenvalue weighted by Crippen LogP contribution is -2.35. The molecule has 1 fully saturated rings. The predicted molar refractivity (Wildman–Crippen MR) is 98.9 cm³/mol. The van der Waals surface area contributed by atoms with Crippen molar-refractivity contribution in [1.82, 2.24) is 4.67 Å². The van der Waals surface area contributed by atoms with Gasteiger partial charge in [0, 0.05) is 23.6 Å². The summed E-state index contributed by atoms with van der Waals surface area (Å²) in [5.74, 6) is 2.27. The highest BCUT2D eigenvalue weighted by molar-refractivity contribution is 8.76. The molecule has 0 saturated carbocycles. The fourth-order valence-electron chi connectivity index (χ4n) is 2.30. The summed E-state index contributed by atoms with van der Waals surface area (Å²) in [6, 6.07) is 2.88. The Balaban J connectivity index is 2.67. The Morgan fingerprint density at radius 2 is 1.95 bits per heavy atom. The molecule has 2 unspecified atom stereocenters.